The molecule has 0 bridgehead atoms. The van der Waals surface area contributed by atoms with Crippen molar-refractivity contribution in [3.63, 3.8) is 0 Å². The molecule has 3 aromatic rings. The van der Waals surface area contributed by atoms with Crippen LogP contribution in [0.3, 0.4) is 0 Å². The van der Waals surface area contributed by atoms with Gasteiger partial charge >= 0.3 is 0 Å². The van der Waals surface area contributed by atoms with Gasteiger partial charge in [0.25, 0.3) is 5.91 Å². The second kappa shape index (κ2) is 6.59. The topological polar surface area (TPSA) is 84.3 Å². The molecule has 1 aliphatic carbocycles. The molecule has 1 fully saturated rings. The van der Waals surface area contributed by atoms with E-state index in [-0.39, 0.29) is 5.91 Å². The number of aryl methyl sites for hydroxylation is 1. The Balaban J connectivity index is 1.41. The van der Waals surface area contributed by atoms with E-state index >= 15 is 0 Å². The van der Waals surface area contributed by atoms with E-state index in [4.69, 9.17) is 0 Å². The van der Waals surface area contributed by atoms with Gasteiger partial charge in [0.1, 0.15) is 0 Å². The van der Waals surface area contributed by atoms with Gasteiger partial charge in [-0.15, -0.1) is 0 Å². The first-order valence-corrected chi connectivity index (χ1v) is 11.6. The van der Waals surface area contributed by atoms with E-state index in [1.165, 1.54) is 23.4 Å². The van der Waals surface area contributed by atoms with Gasteiger partial charge in [-0.25, -0.2) is 13.4 Å². The molecule has 1 saturated carbocycles. The van der Waals surface area contributed by atoms with E-state index in [0.29, 0.717) is 29.5 Å². The van der Waals surface area contributed by atoms with E-state index in [2.05, 4.69) is 14.9 Å². The lowest BCUT2D eigenvalue weighted by atomic mass is 10.0. The minimum Gasteiger partial charge on any atom is -0.327 e. The number of rotatable bonds is 4. The highest BCUT2D eigenvalue weighted by Gasteiger charge is 2.26. The van der Waals surface area contributed by atoms with Gasteiger partial charge in [-0.2, -0.15) is 0 Å². The number of anilines is 2. The summed E-state index contributed by atoms with van der Waals surface area (Å²) < 4.78 is 27.8. The van der Waals surface area contributed by atoms with Gasteiger partial charge in [-0.1, -0.05) is 6.07 Å². The number of fused-ring (bicyclic) bond motifs is 2. The van der Waals surface area contributed by atoms with Crippen LogP contribution in [0.25, 0.3) is 11.0 Å². The average Bonchev–Trinajstić information content (AvgIpc) is 3.45. The Kier molecular flexibility index (Phi) is 4.13. The van der Waals surface area contributed by atoms with Crippen molar-refractivity contribution in [3.05, 3.63) is 53.9 Å². The molecule has 1 N–H and O–H groups in total. The van der Waals surface area contributed by atoms with Crippen LogP contribution in [-0.4, -0.2) is 36.7 Å². The minimum atomic E-state index is -3.35. The van der Waals surface area contributed by atoms with Crippen LogP contribution in [0.1, 0.15) is 41.2 Å². The summed E-state index contributed by atoms with van der Waals surface area (Å²) in [5, 5.41) is 2.89. The van der Waals surface area contributed by atoms with Crippen LogP contribution in [0.15, 0.2) is 42.7 Å². The normalized spacial score (nSPS) is 16.7. The molecule has 0 unspecified atom stereocenters. The number of imidazole rings is 1. The zero-order valence-corrected chi connectivity index (χ0v) is 16.9. The third-order valence-corrected chi connectivity index (χ3v) is 6.78. The highest BCUT2D eigenvalue weighted by atomic mass is 32.2. The van der Waals surface area contributed by atoms with Crippen molar-refractivity contribution >= 4 is 38.3 Å². The number of nitrogens with zero attached hydrogens (tertiary/aromatic N) is 3. The fourth-order valence-electron chi connectivity index (χ4n) is 3.98. The molecule has 2 aromatic carbocycles. The third kappa shape index (κ3) is 3.37. The summed E-state index contributed by atoms with van der Waals surface area (Å²) in [6.07, 6.45) is 7.03. The van der Waals surface area contributed by atoms with Crippen molar-refractivity contribution in [2.75, 3.05) is 22.4 Å². The monoisotopic (exact) mass is 410 g/mol. The van der Waals surface area contributed by atoms with Gasteiger partial charge in [0, 0.05) is 23.8 Å². The van der Waals surface area contributed by atoms with Crippen molar-refractivity contribution in [1.82, 2.24) is 9.55 Å². The fourth-order valence-corrected chi connectivity index (χ4v) is 4.97. The molecule has 2 heterocycles. The molecule has 150 valence electrons. The van der Waals surface area contributed by atoms with Crippen LogP contribution in [-0.2, 0) is 16.4 Å². The highest BCUT2D eigenvalue weighted by molar-refractivity contribution is 7.92. The van der Waals surface area contributed by atoms with E-state index in [0.717, 1.165) is 29.4 Å². The van der Waals surface area contributed by atoms with Crippen LogP contribution >= 0.6 is 0 Å². The standard InChI is InChI=1S/C21H22N4O3S/c1-29(27,28)25-10-2-3-14-4-6-16(12-20(14)25)23-21(26)15-5-9-19-18(11-15)22-13-24(19)17-7-8-17/h4-6,9,11-13,17H,2-3,7-8,10H2,1H3,(H,23,26). The lowest BCUT2D eigenvalue weighted by Crippen LogP contribution is -2.34. The zero-order chi connectivity index (χ0) is 20.2. The summed E-state index contributed by atoms with van der Waals surface area (Å²) in [5.41, 5.74) is 4.57. The first-order valence-electron chi connectivity index (χ1n) is 9.79. The van der Waals surface area contributed by atoms with E-state index < -0.39 is 10.0 Å². The molecule has 0 saturated heterocycles. The fraction of sp³-hybridized carbons (Fsp3) is 0.333. The van der Waals surface area contributed by atoms with Gasteiger partial charge in [-0.3, -0.25) is 9.10 Å². The Morgan fingerprint density at radius 3 is 2.76 bits per heavy atom. The number of hydrogen-bond acceptors (Lipinski definition) is 4. The van der Waals surface area contributed by atoms with Crippen LogP contribution < -0.4 is 9.62 Å². The number of aromatic nitrogens is 2. The molecule has 5 rings (SSSR count). The Bertz CT molecular complexity index is 1230. The maximum atomic E-state index is 12.8. The molecule has 0 atom stereocenters. The van der Waals surface area contributed by atoms with E-state index in [9.17, 15) is 13.2 Å². The molecule has 8 heteroatoms. The summed E-state index contributed by atoms with van der Waals surface area (Å²) >= 11 is 0. The Morgan fingerprint density at radius 1 is 1.17 bits per heavy atom. The van der Waals surface area contributed by atoms with Gasteiger partial charge in [0.05, 0.1) is 29.3 Å². The average molecular weight is 410 g/mol. The second-order valence-corrected chi connectivity index (χ2v) is 9.73. The molecule has 2 aliphatic rings. The van der Waals surface area contributed by atoms with Crippen LogP contribution in [0.2, 0.25) is 0 Å². The van der Waals surface area contributed by atoms with Crippen molar-refractivity contribution in [2.24, 2.45) is 0 Å². The number of sulfonamides is 1. The predicted octanol–water partition coefficient (Wildman–Crippen LogP) is 3.34. The molecule has 1 amide bonds. The first kappa shape index (κ1) is 18.2. The maximum Gasteiger partial charge on any atom is 0.255 e. The molecule has 1 aromatic heterocycles. The first-order chi connectivity index (χ1) is 13.9. The molecule has 0 spiro atoms. The molecular formula is C21H22N4O3S. The lowest BCUT2D eigenvalue weighted by molar-refractivity contribution is 0.102. The smallest absolute Gasteiger partial charge is 0.255 e. The number of carbonyl (C=O) groups is 1. The number of amides is 1. The van der Waals surface area contributed by atoms with Crippen molar-refractivity contribution < 1.29 is 13.2 Å². The number of hydrogen-bond donors (Lipinski definition) is 1. The molecule has 1 aliphatic heterocycles. The summed E-state index contributed by atoms with van der Waals surface area (Å²) in [5.74, 6) is -0.241. The van der Waals surface area contributed by atoms with Crippen LogP contribution in [0, 0.1) is 0 Å². The van der Waals surface area contributed by atoms with Gasteiger partial charge in [0.15, 0.2) is 0 Å². The summed E-state index contributed by atoms with van der Waals surface area (Å²) in [4.78, 5) is 17.2. The zero-order valence-electron chi connectivity index (χ0n) is 16.1. The Hall–Kier alpha value is -2.87. The summed E-state index contributed by atoms with van der Waals surface area (Å²) in [7, 11) is -3.35. The van der Waals surface area contributed by atoms with Crippen LogP contribution in [0.5, 0.6) is 0 Å². The molecule has 7 nitrogen and oxygen atoms in total. The van der Waals surface area contributed by atoms with Gasteiger partial charge < -0.3 is 9.88 Å². The van der Waals surface area contributed by atoms with E-state index in [1.807, 2.05) is 24.5 Å². The van der Waals surface area contributed by atoms with E-state index in [1.54, 1.807) is 18.2 Å². The largest absolute Gasteiger partial charge is 0.327 e. The molecular weight excluding hydrogens is 388 g/mol. The second-order valence-electron chi connectivity index (χ2n) is 7.82. The Morgan fingerprint density at radius 2 is 2.00 bits per heavy atom. The van der Waals surface area contributed by atoms with Crippen molar-refractivity contribution in [3.8, 4) is 0 Å². The highest BCUT2D eigenvalue weighted by Crippen LogP contribution is 2.37. The SMILES string of the molecule is CS(=O)(=O)N1CCCc2ccc(NC(=O)c3ccc4c(c3)ncn4C3CC3)cc21. The lowest BCUT2D eigenvalue weighted by Gasteiger charge is -2.29. The molecule has 0 radical (unpaired) electrons. The van der Waals surface area contributed by atoms with Gasteiger partial charge in [-0.05, 0) is 61.6 Å². The predicted molar refractivity (Wildman–Crippen MR) is 113 cm³/mol. The number of benzene rings is 2. The van der Waals surface area contributed by atoms with Gasteiger partial charge in [0.2, 0.25) is 10.0 Å². The number of nitrogens with one attached hydrogen (secondary N) is 1. The summed E-state index contributed by atoms with van der Waals surface area (Å²) in [6.45, 7) is 0.462. The summed E-state index contributed by atoms with van der Waals surface area (Å²) in [6, 6.07) is 11.5. The van der Waals surface area contributed by atoms with Crippen LogP contribution in [0.4, 0.5) is 11.4 Å². The Labute approximate surface area is 169 Å². The van der Waals surface area contributed by atoms with Crippen molar-refractivity contribution in [1.29, 1.82) is 0 Å². The maximum absolute atomic E-state index is 12.8. The molecule has 29 heavy (non-hydrogen) atoms. The van der Waals surface area contributed by atoms with Crippen molar-refractivity contribution in [2.45, 2.75) is 31.7 Å². The minimum absolute atomic E-state index is 0.241. The third-order valence-electron chi connectivity index (χ3n) is 5.60. The quantitative estimate of drug-likeness (QED) is 0.715. The number of carbonyl (C=O) groups excluding carboxylic acids is 1.